The third-order valence-electron chi connectivity index (χ3n) is 5.22. The Morgan fingerprint density at radius 1 is 1.07 bits per heavy atom. The first-order valence-corrected chi connectivity index (χ1v) is 9.87. The molecule has 1 aliphatic carbocycles. The summed E-state index contributed by atoms with van der Waals surface area (Å²) >= 11 is 1.50. The van der Waals surface area contributed by atoms with E-state index in [9.17, 15) is 4.79 Å². The van der Waals surface area contributed by atoms with Crippen molar-refractivity contribution < 1.29 is 14.3 Å². The summed E-state index contributed by atoms with van der Waals surface area (Å²) in [4.78, 5) is 17.6. The highest BCUT2D eigenvalue weighted by Gasteiger charge is 2.20. The molecule has 1 aromatic heterocycles. The van der Waals surface area contributed by atoms with Gasteiger partial charge in [-0.15, -0.1) is 0 Å². The van der Waals surface area contributed by atoms with Gasteiger partial charge in [0.05, 0.1) is 30.0 Å². The Hall–Kier alpha value is -3.12. The minimum Gasteiger partial charge on any atom is -0.497 e. The van der Waals surface area contributed by atoms with E-state index in [1.807, 2.05) is 0 Å². The van der Waals surface area contributed by atoms with E-state index in [0.29, 0.717) is 22.2 Å². The Bertz CT molecular complexity index is 1250. The molecule has 0 atom stereocenters. The zero-order valence-corrected chi connectivity index (χ0v) is 16.4. The SMILES string of the molecule is COc1ccc(OC)c(C(=O)Nc2nc3c(cc4c5c(cccc53)CC4)s2)c1. The highest BCUT2D eigenvalue weighted by molar-refractivity contribution is 7.22. The first-order chi connectivity index (χ1) is 13.7. The molecule has 0 bridgehead atoms. The monoisotopic (exact) mass is 390 g/mol. The third-order valence-corrected chi connectivity index (χ3v) is 6.14. The van der Waals surface area contributed by atoms with Crippen molar-refractivity contribution in [3.63, 3.8) is 0 Å². The predicted molar refractivity (Wildman–Crippen MR) is 112 cm³/mol. The first-order valence-electron chi connectivity index (χ1n) is 9.05. The van der Waals surface area contributed by atoms with Gasteiger partial charge in [-0.05, 0) is 53.6 Å². The number of aromatic nitrogens is 1. The number of thiazole rings is 1. The van der Waals surface area contributed by atoms with Crippen molar-refractivity contribution in [2.45, 2.75) is 12.8 Å². The van der Waals surface area contributed by atoms with E-state index < -0.39 is 0 Å². The molecule has 4 aromatic rings. The van der Waals surface area contributed by atoms with Gasteiger partial charge in [-0.1, -0.05) is 29.5 Å². The number of nitrogens with zero attached hydrogens (tertiary/aromatic N) is 1. The summed E-state index contributed by atoms with van der Waals surface area (Å²) in [5.41, 5.74) is 4.11. The van der Waals surface area contributed by atoms with Crippen LogP contribution in [0.15, 0.2) is 42.5 Å². The van der Waals surface area contributed by atoms with Gasteiger partial charge in [-0.2, -0.15) is 0 Å². The summed E-state index contributed by atoms with van der Waals surface area (Å²) in [6, 6.07) is 13.8. The van der Waals surface area contributed by atoms with E-state index in [2.05, 4.69) is 29.6 Å². The Labute approximate surface area is 165 Å². The number of hydrogen-bond acceptors (Lipinski definition) is 5. The number of amides is 1. The summed E-state index contributed by atoms with van der Waals surface area (Å²) < 4.78 is 11.6. The van der Waals surface area contributed by atoms with Gasteiger partial charge in [0, 0.05) is 5.39 Å². The number of ether oxygens (including phenoxy) is 2. The van der Waals surface area contributed by atoms with Gasteiger partial charge in [0.25, 0.3) is 5.91 Å². The minimum atomic E-state index is -0.271. The van der Waals surface area contributed by atoms with E-state index in [0.717, 1.165) is 23.1 Å². The van der Waals surface area contributed by atoms with E-state index in [1.165, 1.54) is 33.2 Å². The van der Waals surface area contributed by atoms with Gasteiger partial charge in [-0.25, -0.2) is 4.98 Å². The molecule has 0 saturated carbocycles. The lowest BCUT2D eigenvalue weighted by molar-refractivity contribution is 0.102. The number of rotatable bonds is 4. The van der Waals surface area contributed by atoms with Crippen LogP contribution in [0.4, 0.5) is 5.13 Å². The van der Waals surface area contributed by atoms with Crippen LogP contribution in [0.25, 0.3) is 21.0 Å². The predicted octanol–water partition coefficient (Wildman–Crippen LogP) is 4.82. The molecule has 0 aliphatic heterocycles. The van der Waals surface area contributed by atoms with E-state index >= 15 is 0 Å². The molecular formula is C22H18N2O3S. The number of carbonyl (C=O) groups is 1. The Morgan fingerprint density at radius 3 is 2.75 bits per heavy atom. The molecule has 1 N–H and O–H groups in total. The van der Waals surface area contributed by atoms with Crippen molar-refractivity contribution in [1.82, 2.24) is 4.98 Å². The van der Waals surface area contributed by atoms with Crippen LogP contribution >= 0.6 is 11.3 Å². The summed E-state index contributed by atoms with van der Waals surface area (Å²) in [6.07, 6.45) is 2.15. The summed E-state index contributed by atoms with van der Waals surface area (Å²) in [6.45, 7) is 0. The Balaban J connectivity index is 1.55. The maximum absolute atomic E-state index is 12.9. The van der Waals surface area contributed by atoms with E-state index in [1.54, 1.807) is 32.4 Å². The summed E-state index contributed by atoms with van der Waals surface area (Å²) in [7, 11) is 3.11. The highest BCUT2D eigenvalue weighted by atomic mass is 32.1. The number of aryl methyl sites for hydroxylation is 2. The number of methoxy groups -OCH3 is 2. The molecule has 5 nitrogen and oxygen atoms in total. The fourth-order valence-corrected chi connectivity index (χ4v) is 4.86. The molecule has 28 heavy (non-hydrogen) atoms. The second kappa shape index (κ2) is 6.49. The van der Waals surface area contributed by atoms with Gasteiger partial charge >= 0.3 is 0 Å². The highest BCUT2D eigenvalue weighted by Crippen LogP contribution is 2.39. The fraction of sp³-hybridized carbons (Fsp3) is 0.182. The molecule has 0 unspecified atom stereocenters. The summed E-state index contributed by atoms with van der Waals surface area (Å²) in [5.74, 6) is 0.818. The zero-order chi connectivity index (χ0) is 19.3. The smallest absolute Gasteiger partial charge is 0.261 e. The van der Waals surface area contributed by atoms with Crippen LogP contribution in [-0.2, 0) is 12.8 Å². The molecule has 0 spiro atoms. The lowest BCUT2D eigenvalue weighted by atomic mass is 10.0. The lowest BCUT2D eigenvalue weighted by Crippen LogP contribution is -2.13. The van der Waals surface area contributed by atoms with Gasteiger partial charge in [0.2, 0.25) is 0 Å². The molecule has 6 heteroatoms. The number of hydrogen-bond donors (Lipinski definition) is 1. The Morgan fingerprint density at radius 2 is 1.93 bits per heavy atom. The standard InChI is InChI=1S/C22H18N2O3S/c1-26-14-8-9-17(27-2)16(11-14)21(25)24-22-23-20-15-5-3-4-12-6-7-13(19(12)15)10-18(20)28-22/h3-5,8-11H,6-7H2,1-2H3,(H,23,24,25). The maximum Gasteiger partial charge on any atom is 0.261 e. The summed E-state index contributed by atoms with van der Waals surface area (Å²) in [5, 5.41) is 5.99. The van der Waals surface area contributed by atoms with Crippen LogP contribution in [0.5, 0.6) is 11.5 Å². The van der Waals surface area contributed by atoms with Crippen LogP contribution in [-0.4, -0.2) is 25.1 Å². The number of nitrogens with one attached hydrogen (secondary N) is 1. The molecule has 1 aliphatic rings. The van der Waals surface area contributed by atoms with Crippen LogP contribution in [0.1, 0.15) is 21.5 Å². The van der Waals surface area contributed by atoms with Crippen molar-refractivity contribution in [3.05, 3.63) is 59.2 Å². The van der Waals surface area contributed by atoms with Crippen molar-refractivity contribution in [1.29, 1.82) is 0 Å². The molecule has 1 amide bonds. The van der Waals surface area contributed by atoms with Crippen molar-refractivity contribution in [3.8, 4) is 11.5 Å². The molecule has 0 saturated heterocycles. The average Bonchev–Trinajstić information content (AvgIpc) is 3.32. The van der Waals surface area contributed by atoms with Crippen LogP contribution < -0.4 is 14.8 Å². The molecule has 0 fully saturated rings. The zero-order valence-electron chi connectivity index (χ0n) is 15.5. The second-order valence-electron chi connectivity index (χ2n) is 6.76. The topological polar surface area (TPSA) is 60.5 Å². The van der Waals surface area contributed by atoms with Crippen molar-refractivity contribution in [2.24, 2.45) is 0 Å². The fourth-order valence-electron chi connectivity index (χ4n) is 3.91. The third kappa shape index (κ3) is 2.60. The van der Waals surface area contributed by atoms with Gasteiger partial charge < -0.3 is 9.47 Å². The lowest BCUT2D eigenvalue weighted by Gasteiger charge is -2.09. The largest absolute Gasteiger partial charge is 0.497 e. The van der Waals surface area contributed by atoms with E-state index in [-0.39, 0.29) is 5.91 Å². The number of carbonyl (C=O) groups excluding carboxylic acids is 1. The molecular weight excluding hydrogens is 372 g/mol. The van der Waals surface area contributed by atoms with Gasteiger partial charge in [0.15, 0.2) is 5.13 Å². The molecule has 5 rings (SSSR count). The van der Waals surface area contributed by atoms with Gasteiger partial charge in [0.1, 0.15) is 11.5 Å². The van der Waals surface area contributed by atoms with Crippen molar-refractivity contribution in [2.75, 3.05) is 19.5 Å². The van der Waals surface area contributed by atoms with E-state index in [4.69, 9.17) is 14.5 Å². The van der Waals surface area contributed by atoms with Crippen LogP contribution in [0.2, 0.25) is 0 Å². The number of fused-ring (bicyclic) bond motifs is 2. The Kier molecular flexibility index (Phi) is 3.94. The van der Waals surface area contributed by atoms with Crippen molar-refractivity contribution >= 4 is 43.4 Å². The van der Waals surface area contributed by atoms with Crippen LogP contribution in [0, 0.1) is 0 Å². The van der Waals surface area contributed by atoms with Gasteiger partial charge in [-0.3, -0.25) is 10.1 Å². The molecule has 140 valence electrons. The first kappa shape index (κ1) is 17.0. The molecule has 1 heterocycles. The minimum absolute atomic E-state index is 0.271. The maximum atomic E-state index is 12.9. The number of benzene rings is 3. The second-order valence-corrected chi connectivity index (χ2v) is 7.79. The molecule has 0 radical (unpaired) electrons. The van der Waals surface area contributed by atoms with Crippen LogP contribution in [0.3, 0.4) is 0 Å². The number of anilines is 1. The quantitative estimate of drug-likeness (QED) is 0.543. The average molecular weight is 390 g/mol. The molecule has 3 aromatic carbocycles. The normalized spacial score (nSPS) is 12.5.